The van der Waals surface area contributed by atoms with E-state index in [9.17, 15) is 24.0 Å². The van der Waals surface area contributed by atoms with Crippen LogP contribution in [0.5, 0.6) is 0 Å². The number of hydrogen-bond donors (Lipinski definition) is 1. The predicted octanol–water partition coefficient (Wildman–Crippen LogP) is 1.19. The Morgan fingerprint density at radius 1 is 0.903 bits per heavy atom. The molecule has 9 nitrogen and oxygen atoms in total. The lowest BCUT2D eigenvalue weighted by Crippen LogP contribution is -2.40. The highest BCUT2D eigenvalue weighted by Gasteiger charge is 2.38. The van der Waals surface area contributed by atoms with Crippen LogP contribution in [0.25, 0.3) is 0 Å². The van der Waals surface area contributed by atoms with E-state index in [1.807, 2.05) is 6.07 Å². The molecule has 1 aliphatic heterocycles. The van der Waals surface area contributed by atoms with Gasteiger partial charge in [-0.2, -0.15) is 0 Å². The lowest BCUT2D eigenvalue weighted by molar-refractivity contribution is -0.167. The molecule has 1 aliphatic rings. The van der Waals surface area contributed by atoms with Crippen molar-refractivity contribution in [3.05, 3.63) is 103 Å². The van der Waals surface area contributed by atoms with Gasteiger partial charge in [-0.05, 0) is 24.6 Å². The van der Waals surface area contributed by atoms with E-state index in [2.05, 4.69) is 4.98 Å². The van der Waals surface area contributed by atoms with E-state index in [1.165, 1.54) is 19.1 Å². The molecule has 0 fully saturated rings. The van der Waals surface area contributed by atoms with Crippen molar-refractivity contribution in [3.63, 3.8) is 0 Å². The average molecular weight is 419 g/mol. The highest BCUT2D eigenvalue weighted by Crippen LogP contribution is 2.22. The highest BCUT2D eigenvalue weighted by atomic mass is 16.7. The van der Waals surface area contributed by atoms with E-state index in [4.69, 9.17) is 4.84 Å². The molecule has 2 heterocycles. The third-order valence-electron chi connectivity index (χ3n) is 4.95. The Morgan fingerprint density at radius 2 is 1.48 bits per heavy atom. The van der Waals surface area contributed by atoms with Gasteiger partial charge in [0.1, 0.15) is 0 Å². The van der Waals surface area contributed by atoms with Gasteiger partial charge in [-0.3, -0.25) is 19.0 Å². The Hall–Kier alpha value is -4.27. The number of hydrogen-bond acceptors (Lipinski definition) is 6. The van der Waals surface area contributed by atoms with Crippen molar-refractivity contribution < 1.29 is 19.2 Å². The van der Waals surface area contributed by atoms with Crippen molar-refractivity contribution in [2.24, 2.45) is 0 Å². The van der Waals surface area contributed by atoms with Gasteiger partial charge in [-0.15, -0.1) is 0 Å². The molecule has 0 bridgehead atoms. The molecule has 1 N–H and O–H groups in total. The lowest BCUT2D eigenvalue weighted by Gasteiger charge is -2.14. The van der Waals surface area contributed by atoms with Crippen molar-refractivity contribution in [1.82, 2.24) is 14.6 Å². The third-order valence-corrected chi connectivity index (χ3v) is 4.95. The highest BCUT2D eigenvalue weighted by molar-refractivity contribution is 6.20. The minimum absolute atomic E-state index is 0.0112. The van der Waals surface area contributed by atoms with Gasteiger partial charge in [-0.25, -0.2) is 9.59 Å². The first-order chi connectivity index (χ1) is 14.9. The molecule has 4 rings (SSSR count). The molecule has 1 aromatic heterocycles. The third kappa shape index (κ3) is 3.68. The van der Waals surface area contributed by atoms with Gasteiger partial charge in [0.05, 0.1) is 24.1 Å². The number of benzene rings is 2. The normalized spacial score (nSPS) is 12.7. The van der Waals surface area contributed by atoms with E-state index < -0.39 is 35.5 Å². The molecule has 3 aromatic rings. The SMILES string of the molecule is Cc1[nH]c(=O)n(Cc2ccccc2)c(=O)c1CC(=O)ON1C(=O)c2ccccc2C1=O. The zero-order chi connectivity index (χ0) is 22.1. The fourth-order valence-electron chi connectivity index (χ4n) is 3.37. The van der Waals surface area contributed by atoms with Crippen molar-refractivity contribution >= 4 is 17.8 Å². The van der Waals surface area contributed by atoms with Crippen LogP contribution in [0, 0.1) is 6.92 Å². The molecule has 0 unspecified atom stereocenters. The number of aromatic amines is 1. The fourth-order valence-corrected chi connectivity index (χ4v) is 3.37. The summed E-state index contributed by atoms with van der Waals surface area (Å²) in [5, 5.41) is 0.385. The Bertz CT molecular complexity index is 1290. The molecular weight excluding hydrogens is 402 g/mol. The van der Waals surface area contributed by atoms with Crippen LogP contribution in [0.4, 0.5) is 0 Å². The molecule has 0 saturated carbocycles. The van der Waals surface area contributed by atoms with E-state index in [0.29, 0.717) is 5.06 Å². The van der Waals surface area contributed by atoms with Crippen molar-refractivity contribution in [2.45, 2.75) is 19.9 Å². The first kappa shape index (κ1) is 20.0. The molecule has 0 atom stereocenters. The number of aromatic nitrogens is 2. The largest absolute Gasteiger partial charge is 0.337 e. The number of fused-ring (bicyclic) bond motifs is 1. The zero-order valence-corrected chi connectivity index (χ0v) is 16.5. The summed E-state index contributed by atoms with van der Waals surface area (Å²) in [6.45, 7) is 1.51. The molecule has 0 radical (unpaired) electrons. The average Bonchev–Trinajstić information content (AvgIpc) is 3.00. The number of imide groups is 1. The molecule has 0 aliphatic carbocycles. The Balaban J connectivity index is 1.57. The van der Waals surface area contributed by atoms with Crippen LogP contribution in [-0.2, 0) is 22.6 Å². The maximum absolute atomic E-state index is 12.9. The monoisotopic (exact) mass is 419 g/mol. The van der Waals surface area contributed by atoms with Crippen LogP contribution in [0.15, 0.2) is 64.2 Å². The van der Waals surface area contributed by atoms with E-state index in [0.717, 1.165) is 10.1 Å². The van der Waals surface area contributed by atoms with Crippen LogP contribution < -0.4 is 11.2 Å². The van der Waals surface area contributed by atoms with Crippen LogP contribution in [0.2, 0.25) is 0 Å². The first-order valence-electron chi connectivity index (χ1n) is 9.42. The number of aryl methyl sites for hydroxylation is 1. The summed E-state index contributed by atoms with van der Waals surface area (Å²) in [6.07, 6.45) is -0.524. The fraction of sp³-hybridized carbons (Fsp3) is 0.136. The molecule has 9 heteroatoms. The second kappa shape index (κ2) is 7.86. The van der Waals surface area contributed by atoms with Gasteiger partial charge in [0, 0.05) is 11.3 Å². The van der Waals surface area contributed by atoms with E-state index in [-0.39, 0.29) is 28.9 Å². The van der Waals surface area contributed by atoms with Gasteiger partial charge < -0.3 is 9.82 Å². The zero-order valence-electron chi connectivity index (χ0n) is 16.5. The number of carbonyl (C=O) groups excluding carboxylic acids is 3. The predicted molar refractivity (Wildman–Crippen MR) is 108 cm³/mol. The quantitative estimate of drug-likeness (QED) is 0.621. The van der Waals surface area contributed by atoms with Crippen molar-refractivity contribution in [2.75, 3.05) is 0 Å². The topological polar surface area (TPSA) is 119 Å². The standard InChI is InChI=1S/C22H17N3O6/c1-13-17(19(27)24(22(30)23-13)12-14-7-3-2-4-8-14)11-18(26)31-25-20(28)15-9-5-6-10-16(15)21(25)29/h2-10H,11-12H2,1H3,(H,23,30). The summed E-state index contributed by atoms with van der Waals surface area (Å²) in [5.74, 6) is -2.49. The Labute approximate surface area is 175 Å². The number of H-pyrrole nitrogens is 1. The number of rotatable bonds is 5. The maximum Gasteiger partial charge on any atom is 0.337 e. The van der Waals surface area contributed by atoms with Crippen LogP contribution in [-0.4, -0.2) is 32.4 Å². The number of amides is 2. The summed E-state index contributed by atoms with van der Waals surface area (Å²) in [6, 6.07) is 15.0. The van der Waals surface area contributed by atoms with Crippen molar-refractivity contribution in [1.29, 1.82) is 0 Å². The molecule has 2 amide bonds. The van der Waals surface area contributed by atoms with Gasteiger partial charge in [0.25, 0.3) is 17.4 Å². The van der Waals surface area contributed by atoms with Gasteiger partial charge in [-0.1, -0.05) is 47.5 Å². The maximum atomic E-state index is 12.9. The number of carbonyl (C=O) groups is 3. The number of nitrogens with one attached hydrogen (secondary N) is 1. The summed E-state index contributed by atoms with van der Waals surface area (Å²) >= 11 is 0. The molecule has 0 spiro atoms. The summed E-state index contributed by atoms with van der Waals surface area (Å²) in [7, 11) is 0. The smallest absolute Gasteiger partial charge is 0.329 e. The Morgan fingerprint density at radius 3 is 2.10 bits per heavy atom. The van der Waals surface area contributed by atoms with Gasteiger partial charge >= 0.3 is 11.7 Å². The second-order valence-corrected chi connectivity index (χ2v) is 7.00. The van der Waals surface area contributed by atoms with Crippen LogP contribution in [0.3, 0.4) is 0 Å². The minimum Gasteiger partial charge on any atom is -0.329 e. The van der Waals surface area contributed by atoms with E-state index >= 15 is 0 Å². The molecular formula is C22H17N3O6. The van der Waals surface area contributed by atoms with Crippen molar-refractivity contribution in [3.8, 4) is 0 Å². The number of hydroxylamine groups is 2. The van der Waals surface area contributed by atoms with E-state index in [1.54, 1.807) is 36.4 Å². The molecule has 156 valence electrons. The van der Waals surface area contributed by atoms with Gasteiger partial charge in [0.15, 0.2) is 0 Å². The summed E-state index contributed by atoms with van der Waals surface area (Å²) < 4.78 is 0.979. The summed E-state index contributed by atoms with van der Waals surface area (Å²) in [5.41, 5.74) is -0.0426. The molecule has 31 heavy (non-hydrogen) atoms. The van der Waals surface area contributed by atoms with Crippen LogP contribution in [0.1, 0.15) is 37.5 Å². The summed E-state index contributed by atoms with van der Waals surface area (Å²) in [4.78, 5) is 69.8. The Kier molecular flexibility index (Phi) is 5.08. The van der Waals surface area contributed by atoms with Crippen LogP contribution >= 0.6 is 0 Å². The first-order valence-corrected chi connectivity index (χ1v) is 9.42. The minimum atomic E-state index is -0.979. The molecule has 0 saturated heterocycles. The second-order valence-electron chi connectivity index (χ2n) is 7.00. The van der Waals surface area contributed by atoms with Gasteiger partial charge in [0.2, 0.25) is 0 Å². The molecule has 2 aromatic carbocycles. The number of nitrogens with zero attached hydrogens (tertiary/aromatic N) is 2. The lowest BCUT2D eigenvalue weighted by atomic mass is 10.1.